The van der Waals surface area contributed by atoms with Gasteiger partial charge in [-0.3, -0.25) is 0 Å². The Labute approximate surface area is 184 Å². The van der Waals surface area contributed by atoms with Gasteiger partial charge in [0.25, 0.3) is 0 Å². The molecule has 2 unspecified atom stereocenters. The van der Waals surface area contributed by atoms with E-state index in [4.69, 9.17) is 21.1 Å². The second-order valence-electron chi connectivity index (χ2n) is 6.62. The van der Waals surface area contributed by atoms with E-state index in [-0.39, 0.29) is 6.04 Å². The topological polar surface area (TPSA) is 50.7 Å². The first kappa shape index (κ1) is 21.5. The molecule has 2 N–H and O–H groups in total. The second kappa shape index (κ2) is 10.0. The largest absolute Gasteiger partial charge is 0.493 e. The molecule has 0 aliphatic rings. The number of aliphatic hydroxyl groups is 1. The zero-order valence-corrected chi connectivity index (χ0v) is 18.6. The Morgan fingerprint density at radius 2 is 1.52 bits per heavy atom. The van der Waals surface area contributed by atoms with Gasteiger partial charge in [-0.2, -0.15) is 0 Å². The zero-order valence-electron chi connectivity index (χ0n) is 16.2. The van der Waals surface area contributed by atoms with Gasteiger partial charge in [-0.1, -0.05) is 45.7 Å². The van der Waals surface area contributed by atoms with E-state index in [1.165, 1.54) is 0 Å². The van der Waals surface area contributed by atoms with Crippen LogP contribution in [-0.2, 0) is 0 Å². The maximum atomic E-state index is 10.9. The Morgan fingerprint density at radius 3 is 2.14 bits per heavy atom. The summed E-state index contributed by atoms with van der Waals surface area (Å²) in [6, 6.07) is 21.0. The fourth-order valence-electron chi connectivity index (χ4n) is 3.14. The van der Waals surface area contributed by atoms with Crippen molar-refractivity contribution in [1.29, 1.82) is 0 Å². The van der Waals surface area contributed by atoms with Crippen molar-refractivity contribution in [3.05, 3.63) is 87.4 Å². The van der Waals surface area contributed by atoms with Crippen LogP contribution in [0.4, 0.5) is 5.69 Å². The van der Waals surface area contributed by atoms with Crippen LogP contribution in [0.25, 0.3) is 0 Å². The first-order chi connectivity index (χ1) is 14.0. The van der Waals surface area contributed by atoms with E-state index >= 15 is 0 Å². The molecule has 6 heteroatoms. The van der Waals surface area contributed by atoms with Crippen molar-refractivity contribution in [2.45, 2.75) is 18.6 Å². The van der Waals surface area contributed by atoms with E-state index in [2.05, 4.69) is 21.2 Å². The fraction of sp³-hybridized carbons (Fsp3) is 0.217. The fourth-order valence-corrected chi connectivity index (χ4v) is 3.53. The van der Waals surface area contributed by atoms with Crippen LogP contribution in [0.1, 0.15) is 29.7 Å². The predicted octanol–water partition coefficient (Wildman–Crippen LogP) is 6.40. The molecule has 0 radical (unpaired) electrons. The number of nitrogens with one attached hydrogen (secondary N) is 1. The van der Waals surface area contributed by atoms with Gasteiger partial charge in [0.1, 0.15) is 0 Å². The highest BCUT2D eigenvalue weighted by atomic mass is 79.9. The highest BCUT2D eigenvalue weighted by Crippen LogP contribution is 2.35. The minimum Gasteiger partial charge on any atom is -0.493 e. The van der Waals surface area contributed by atoms with E-state index in [0.29, 0.717) is 22.9 Å². The Balaban J connectivity index is 1.85. The number of benzene rings is 3. The molecule has 152 valence electrons. The van der Waals surface area contributed by atoms with Crippen LogP contribution >= 0.6 is 27.5 Å². The van der Waals surface area contributed by atoms with E-state index in [1.54, 1.807) is 20.3 Å². The third-order valence-corrected chi connectivity index (χ3v) is 5.49. The molecule has 0 bridgehead atoms. The smallest absolute Gasteiger partial charge is 0.161 e. The molecule has 0 saturated heterocycles. The molecule has 29 heavy (non-hydrogen) atoms. The summed E-state index contributed by atoms with van der Waals surface area (Å²) >= 11 is 9.51. The number of hydrogen-bond donors (Lipinski definition) is 2. The molecule has 4 nitrogen and oxygen atoms in total. The molecule has 0 amide bonds. The number of aliphatic hydroxyl groups excluding tert-OH is 1. The SMILES string of the molecule is COc1ccc(C(O)CC(Nc2ccc(Br)cc2)c2ccc(Cl)cc2)cc1OC. The summed E-state index contributed by atoms with van der Waals surface area (Å²) in [5, 5.41) is 15.1. The van der Waals surface area contributed by atoms with Crippen LogP contribution in [0.2, 0.25) is 5.02 Å². The van der Waals surface area contributed by atoms with Crippen LogP contribution < -0.4 is 14.8 Å². The van der Waals surface area contributed by atoms with E-state index in [0.717, 1.165) is 21.3 Å². The van der Waals surface area contributed by atoms with Gasteiger partial charge in [-0.25, -0.2) is 0 Å². The molecular weight excluding hydrogens is 454 g/mol. The van der Waals surface area contributed by atoms with Gasteiger partial charge < -0.3 is 19.9 Å². The van der Waals surface area contributed by atoms with Crippen LogP contribution in [0.15, 0.2) is 71.2 Å². The normalized spacial score (nSPS) is 12.9. The highest BCUT2D eigenvalue weighted by molar-refractivity contribution is 9.10. The molecule has 3 aromatic carbocycles. The molecule has 0 saturated carbocycles. The van der Waals surface area contributed by atoms with Gasteiger partial charge in [0.2, 0.25) is 0 Å². The van der Waals surface area contributed by atoms with E-state index < -0.39 is 6.10 Å². The summed E-state index contributed by atoms with van der Waals surface area (Å²) < 4.78 is 11.7. The zero-order chi connectivity index (χ0) is 20.8. The minimum absolute atomic E-state index is 0.114. The summed E-state index contributed by atoms with van der Waals surface area (Å²) in [6.45, 7) is 0. The summed E-state index contributed by atoms with van der Waals surface area (Å²) in [4.78, 5) is 0. The lowest BCUT2D eigenvalue weighted by atomic mass is 9.96. The van der Waals surface area contributed by atoms with Crippen molar-refractivity contribution < 1.29 is 14.6 Å². The lowest BCUT2D eigenvalue weighted by Gasteiger charge is -2.24. The molecule has 0 spiro atoms. The van der Waals surface area contributed by atoms with E-state index in [1.807, 2.05) is 60.7 Å². The molecule has 0 aliphatic heterocycles. The van der Waals surface area contributed by atoms with Gasteiger partial charge in [-0.05, 0) is 59.7 Å². The van der Waals surface area contributed by atoms with Crippen LogP contribution in [0, 0.1) is 0 Å². The second-order valence-corrected chi connectivity index (χ2v) is 7.97. The highest BCUT2D eigenvalue weighted by Gasteiger charge is 2.19. The van der Waals surface area contributed by atoms with Crippen LogP contribution in [0.3, 0.4) is 0 Å². The molecule has 2 atom stereocenters. The number of hydrogen-bond acceptors (Lipinski definition) is 4. The number of anilines is 1. The first-order valence-electron chi connectivity index (χ1n) is 9.17. The van der Waals surface area contributed by atoms with Crippen molar-refractivity contribution in [3.8, 4) is 11.5 Å². The Morgan fingerprint density at radius 1 is 0.897 bits per heavy atom. The molecule has 0 fully saturated rings. The number of ether oxygens (including phenoxy) is 2. The van der Waals surface area contributed by atoms with E-state index in [9.17, 15) is 5.11 Å². The molecule has 0 aliphatic carbocycles. The molecule has 3 aromatic rings. The van der Waals surface area contributed by atoms with Crippen molar-refractivity contribution >= 4 is 33.2 Å². The summed E-state index contributed by atoms with van der Waals surface area (Å²) in [7, 11) is 3.17. The average Bonchev–Trinajstić information content (AvgIpc) is 2.74. The first-order valence-corrected chi connectivity index (χ1v) is 10.3. The maximum absolute atomic E-state index is 10.9. The third-order valence-electron chi connectivity index (χ3n) is 4.71. The van der Waals surface area contributed by atoms with Crippen molar-refractivity contribution in [2.75, 3.05) is 19.5 Å². The Kier molecular flexibility index (Phi) is 7.42. The quantitative estimate of drug-likeness (QED) is 0.395. The average molecular weight is 477 g/mol. The number of rotatable bonds is 8. The monoisotopic (exact) mass is 475 g/mol. The standard InChI is InChI=1S/C23H23BrClNO3/c1-28-22-12-5-16(13-23(22)29-2)21(27)14-20(15-3-8-18(25)9-4-15)26-19-10-6-17(24)7-11-19/h3-13,20-21,26-27H,14H2,1-2H3. The van der Waals surface area contributed by atoms with Gasteiger partial charge in [0.05, 0.1) is 26.4 Å². The predicted molar refractivity (Wildman–Crippen MR) is 121 cm³/mol. The van der Waals surface area contributed by atoms with Gasteiger partial charge in [-0.15, -0.1) is 0 Å². The van der Waals surface area contributed by atoms with Gasteiger partial charge in [0, 0.05) is 21.6 Å². The van der Waals surface area contributed by atoms with Crippen LogP contribution in [-0.4, -0.2) is 19.3 Å². The Hall–Kier alpha value is -2.21. The molecular formula is C23H23BrClNO3. The maximum Gasteiger partial charge on any atom is 0.161 e. The lowest BCUT2D eigenvalue weighted by Crippen LogP contribution is -2.15. The molecule has 3 rings (SSSR count). The van der Waals surface area contributed by atoms with Crippen LogP contribution in [0.5, 0.6) is 11.5 Å². The van der Waals surface area contributed by atoms with Gasteiger partial charge in [0.15, 0.2) is 11.5 Å². The lowest BCUT2D eigenvalue weighted by molar-refractivity contribution is 0.160. The summed E-state index contributed by atoms with van der Waals surface area (Å²) in [6.07, 6.45) is -0.230. The number of methoxy groups -OCH3 is 2. The minimum atomic E-state index is -0.696. The van der Waals surface area contributed by atoms with Crippen molar-refractivity contribution in [1.82, 2.24) is 0 Å². The summed E-state index contributed by atoms with van der Waals surface area (Å²) in [5.41, 5.74) is 2.77. The molecule has 0 aromatic heterocycles. The summed E-state index contributed by atoms with van der Waals surface area (Å²) in [5.74, 6) is 1.22. The third kappa shape index (κ3) is 5.66. The number of halogens is 2. The van der Waals surface area contributed by atoms with Gasteiger partial charge >= 0.3 is 0 Å². The van der Waals surface area contributed by atoms with Crippen molar-refractivity contribution in [2.24, 2.45) is 0 Å². The molecule has 0 heterocycles. The Bertz CT molecular complexity index is 932. The van der Waals surface area contributed by atoms with Crippen molar-refractivity contribution in [3.63, 3.8) is 0 Å².